The number of hydrogen-bond donors (Lipinski definition) is 0. The number of nitrogens with zero attached hydrogens (tertiary/aromatic N) is 3. The lowest BCUT2D eigenvalue weighted by Gasteiger charge is -2.07. The van der Waals surface area contributed by atoms with Gasteiger partial charge in [0.05, 0.1) is 11.3 Å². The highest BCUT2D eigenvalue weighted by molar-refractivity contribution is 5.90. The first-order chi connectivity index (χ1) is 9.70. The van der Waals surface area contributed by atoms with Crippen LogP contribution in [0, 0.1) is 6.92 Å². The first-order valence-corrected chi connectivity index (χ1v) is 6.52. The Hall–Kier alpha value is -2.55. The third kappa shape index (κ3) is 1.97. The maximum absolute atomic E-state index is 4.33. The van der Waals surface area contributed by atoms with Crippen LogP contribution in [0.2, 0.25) is 0 Å². The van der Waals surface area contributed by atoms with E-state index in [1.807, 2.05) is 17.8 Å². The van der Waals surface area contributed by atoms with Gasteiger partial charge in [0.15, 0.2) is 7.05 Å². The second-order valence-electron chi connectivity index (χ2n) is 4.84. The first-order valence-electron chi connectivity index (χ1n) is 6.52. The van der Waals surface area contributed by atoms with Crippen molar-refractivity contribution in [1.82, 2.24) is 5.10 Å². The minimum atomic E-state index is 0.783. The number of rotatable bonds is 2. The lowest BCUT2D eigenvalue weighted by molar-refractivity contribution is -0.720. The van der Waals surface area contributed by atoms with Crippen molar-refractivity contribution < 1.29 is 4.68 Å². The van der Waals surface area contributed by atoms with Gasteiger partial charge in [0.2, 0.25) is 5.69 Å². The minimum Gasteiger partial charge on any atom is -0.263 e. The predicted octanol–water partition coefficient (Wildman–Crippen LogP) is 3.37. The molecule has 0 aliphatic heterocycles. The van der Waals surface area contributed by atoms with Crippen LogP contribution in [0.4, 0.5) is 5.69 Å². The summed E-state index contributed by atoms with van der Waals surface area (Å²) in [6.45, 7) is 5.71. The summed E-state index contributed by atoms with van der Waals surface area (Å²) in [5.74, 6) is 0. The highest BCUT2D eigenvalue weighted by Gasteiger charge is 2.16. The van der Waals surface area contributed by atoms with Crippen LogP contribution in [0.3, 0.4) is 0 Å². The molecule has 0 aliphatic carbocycles. The van der Waals surface area contributed by atoms with E-state index in [-0.39, 0.29) is 0 Å². The zero-order valence-corrected chi connectivity index (χ0v) is 11.7. The van der Waals surface area contributed by atoms with Gasteiger partial charge in [-0.1, -0.05) is 35.0 Å². The van der Waals surface area contributed by atoms with Gasteiger partial charge in [-0.2, -0.15) is 0 Å². The third-order valence-corrected chi connectivity index (χ3v) is 3.65. The SMILES string of the molecule is C=Nc1cn[n+](C)c(-c2ccc3ccccc3c2C)c1. The van der Waals surface area contributed by atoms with Crippen molar-refractivity contribution in [3.05, 3.63) is 54.2 Å². The Morgan fingerprint density at radius 2 is 1.95 bits per heavy atom. The van der Waals surface area contributed by atoms with Gasteiger partial charge in [0, 0.05) is 6.07 Å². The summed E-state index contributed by atoms with van der Waals surface area (Å²) in [6.07, 6.45) is 1.72. The number of benzene rings is 2. The zero-order valence-electron chi connectivity index (χ0n) is 11.7. The van der Waals surface area contributed by atoms with Gasteiger partial charge in [0.25, 0.3) is 0 Å². The average molecular weight is 262 g/mol. The molecule has 0 N–H and O–H groups in total. The second-order valence-corrected chi connectivity index (χ2v) is 4.84. The van der Waals surface area contributed by atoms with E-state index in [0.717, 1.165) is 11.4 Å². The molecule has 0 amide bonds. The summed E-state index contributed by atoms with van der Waals surface area (Å²) in [4.78, 5) is 3.96. The lowest BCUT2D eigenvalue weighted by Crippen LogP contribution is -2.35. The van der Waals surface area contributed by atoms with Crippen LogP contribution < -0.4 is 4.68 Å². The molecule has 3 rings (SSSR count). The van der Waals surface area contributed by atoms with E-state index in [4.69, 9.17) is 0 Å². The molecule has 0 atom stereocenters. The Balaban J connectivity index is 2.29. The molecule has 0 radical (unpaired) electrons. The third-order valence-electron chi connectivity index (χ3n) is 3.65. The molecule has 1 heterocycles. The maximum atomic E-state index is 4.33. The molecule has 0 unspecified atom stereocenters. The fraction of sp³-hybridized carbons (Fsp3) is 0.118. The average Bonchev–Trinajstić information content (AvgIpc) is 2.49. The molecule has 20 heavy (non-hydrogen) atoms. The van der Waals surface area contributed by atoms with Crippen LogP contribution in [0.1, 0.15) is 5.56 Å². The Bertz CT molecular complexity index is 806. The molecule has 0 saturated heterocycles. The van der Waals surface area contributed by atoms with Crippen LogP contribution in [-0.4, -0.2) is 11.8 Å². The van der Waals surface area contributed by atoms with Gasteiger partial charge in [-0.05, 0) is 41.1 Å². The molecule has 0 fully saturated rings. The summed E-state index contributed by atoms with van der Waals surface area (Å²) in [5, 5.41) is 6.85. The Morgan fingerprint density at radius 3 is 2.75 bits per heavy atom. The molecule has 3 nitrogen and oxygen atoms in total. The number of hydrogen-bond acceptors (Lipinski definition) is 2. The van der Waals surface area contributed by atoms with E-state index in [2.05, 4.69) is 60.1 Å². The van der Waals surface area contributed by atoms with E-state index < -0.39 is 0 Å². The predicted molar refractivity (Wildman–Crippen MR) is 82.3 cm³/mol. The second kappa shape index (κ2) is 4.85. The molecule has 0 aliphatic rings. The van der Waals surface area contributed by atoms with Gasteiger partial charge >= 0.3 is 0 Å². The number of fused-ring (bicyclic) bond motifs is 1. The Labute approximate surface area is 118 Å². The zero-order chi connectivity index (χ0) is 14.1. The summed E-state index contributed by atoms with van der Waals surface area (Å²) < 4.78 is 1.87. The Kier molecular flexibility index (Phi) is 3.03. The van der Waals surface area contributed by atoms with Crippen molar-refractivity contribution in [3.63, 3.8) is 0 Å². The summed E-state index contributed by atoms with van der Waals surface area (Å²) >= 11 is 0. The molecule has 0 spiro atoms. The largest absolute Gasteiger partial charge is 0.263 e. The molecular weight excluding hydrogens is 246 g/mol. The van der Waals surface area contributed by atoms with Gasteiger partial charge in [0.1, 0.15) is 6.20 Å². The summed E-state index contributed by atoms with van der Waals surface area (Å²) in [6, 6.07) is 14.7. The van der Waals surface area contributed by atoms with Crippen molar-refractivity contribution in [2.75, 3.05) is 0 Å². The number of aryl methyl sites for hydroxylation is 2. The van der Waals surface area contributed by atoms with Gasteiger partial charge in [-0.25, -0.2) is 0 Å². The van der Waals surface area contributed by atoms with Gasteiger partial charge in [-0.15, -0.1) is 0 Å². The first kappa shape index (κ1) is 12.5. The lowest BCUT2D eigenvalue weighted by atomic mass is 9.98. The van der Waals surface area contributed by atoms with Crippen LogP contribution in [0.25, 0.3) is 22.0 Å². The molecule has 3 heteroatoms. The summed E-state index contributed by atoms with van der Waals surface area (Å²) in [5.41, 5.74) is 4.25. The smallest absolute Gasteiger partial charge is 0.241 e. The molecule has 3 aromatic rings. The fourth-order valence-corrected chi connectivity index (χ4v) is 2.52. The van der Waals surface area contributed by atoms with Crippen LogP contribution in [-0.2, 0) is 7.05 Å². The molecule has 1 aromatic heterocycles. The van der Waals surface area contributed by atoms with Crippen LogP contribution in [0.5, 0.6) is 0 Å². The van der Waals surface area contributed by atoms with E-state index in [1.165, 1.54) is 21.9 Å². The number of aliphatic imine (C=N–C) groups is 1. The molecule has 0 saturated carbocycles. The molecule has 0 bridgehead atoms. The number of aromatic nitrogens is 2. The minimum absolute atomic E-state index is 0.783. The highest BCUT2D eigenvalue weighted by atomic mass is 15.2. The maximum Gasteiger partial charge on any atom is 0.241 e. The van der Waals surface area contributed by atoms with Gasteiger partial charge in [-0.3, -0.25) is 4.99 Å². The van der Waals surface area contributed by atoms with Crippen LogP contribution >= 0.6 is 0 Å². The van der Waals surface area contributed by atoms with Gasteiger partial charge < -0.3 is 0 Å². The van der Waals surface area contributed by atoms with Crippen molar-refractivity contribution in [1.29, 1.82) is 0 Å². The molecular formula is C17H16N3+. The highest BCUT2D eigenvalue weighted by Crippen LogP contribution is 2.28. The molecule has 98 valence electrons. The normalized spacial score (nSPS) is 10.7. The fourth-order valence-electron chi connectivity index (χ4n) is 2.52. The topological polar surface area (TPSA) is 29.1 Å². The van der Waals surface area contributed by atoms with Crippen molar-refractivity contribution in [2.24, 2.45) is 12.0 Å². The van der Waals surface area contributed by atoms with E-state index >= 15 is 0 Å². The monoisotopic (exact) mass is 262 g/mol. The van der Waals surface area contributed by atoms with Crippen molar-refractivity contribution in [3.8, 4) is 11.3 Å². The standard InChI is InChI=1S/C17H16N3/c1-12-15-7-5-4-6-13(15)8-9-16(12)17-10-14(18-2)11-19-20(17)3/h4-11H,2H2,1,3H3/q+1. The van der Waals surface area contributed by atoms with Crippen LogP contribution in [0.15, 0.2) is 53.7 Å². The van der Waals surface area contributed by atoms with Crippen molar-refractivity contribution >= 4 is 23.2 Å². The summed E-state index contributed by atoms with van der Waals surface area (Å²) in [7, 11) is 1.94. The van der Waals surface area contributed by atoms with Crippen molar-refractivity contribution in [2.45, 2.75) is 6.92 Å². The van der Waals surface area contributed by atoms with E-state index in [0.29, 0.717) is 0 Å². The van der Waals surface area contributed by atoms with E-state index in [1.54, 1.807) is 6.20 Å². The Morgan fingerprint density at radius 1 is 1.15 bits per heavy atom. The quantitative estimate of drug-likeness (QED) is 0.514. The molecule has 2 aromatic carbocycles. The van der Waals surface area contributed by atoms with E-state index in [9.17, 15) is 0 Å².